The predicted molar refractivity (Wildman–Crippen MR) is 133 cm³/mol. The zero-order valence-electron chi connectivity index (χ0n) is 19.5. The first-order valence-corrected chi connectivity index (χ1v) is 11.5. The van der Waals surface area contributed by atoms with E-state index in [1.807, 2.05) is 12.1 Å². The number of pyridine rings is 3. The summed E-state index contributed by atoms with van der Waals surface area (Å²) in [6, 6.07) is 9.86. The summed E-state index contributed by atoms with van der Waals surface area (Å²) in [6.45, 7) is 6.94. The number of nitrogens with one attached hydrogen (secondary N) is 2. The highest BCUT2D eigenvalue weighted by Crippen LogP contribution is 2.34. The fraction of sp³-hybridized carbons (Fsp3) is 0.269. The molecule has 1 fully saturated rings. The van der Waals surface area contributed by atoms with Crippen LogP contribution >= 0.6 is 0 Å². The zero-order chi connectivity index (χ0) is 24.6. The number of hydrogen-bond acceptors (Lipinski definition) is 7. The fourth-order valence-corrected chi connectivity index (χ4v) is 4.33. The summed E-state index contributed by atoms with van der Waals surface area (Å²) in [5.41, 5.74) is 0.926. The van der Waals surface area contributed by atoms with Gasteiger partial charge in [0, 0.05) is 43.3 Å². The van der Waals surface area contributed by atoms with E-state index in [4.69, 9.17) is 0 Å². The van der Waals surface area contributed by atoms with Gasteiger partial charge in [0.2, 0.25) is 0 Å². The number of rotatable bonds is 5. The van der Waals surface area contributed by atoms with Crippen molar-refractivity contribution < 1.29 is 13.9 Å². The van der Waals surface area contributed by atoms with E-state index in [0.717, 1.165) is 38.1 Å². The van der Waals surface area contributed by atoms with E-state index >= 15 is 0 Å². The molecule has 0 bridgehead atoms. The van der Waals surface area contributed by atoms with Crippen molar-refractivity contribution >= 4 is 28.2 Å². The summed E-state index contributed by atoms with van der Waals surface area (Å²) < 4.78 is 29.8. The van der Waals surface area contributed by atoms with Crippen LogP contribution in [-0.4, -0.2) is 46.2 Å². The molecule has 3 aromatic heterocycles. The third kappa shape index (κ3) is 4.78. The minimum atomic E-state index is -1.22. The summed E-state index contributed by atoms with van der Waals surface area (Å²) in [5, 5.41) is 17.4. The van der Waals surface area contributed by atoms with Crippen LogP contribution < -0.4 is 15.5 Å². The lowest BCUT2D eigenvalue weighted by Gasteiger charge is -2.29. The van der Waals surface area contributed by atoms with E-state index in [1.165, 1.54) is 18.3 Å². The van der Waals surface area contributed by atoms with Crippen LogP contribution in [0.15, 0.2) is 55.0 Å². The van der Waals surface area contributed by atoms with Gasteiger partial charge in [0.25, 0.3) is 0 Å². The normalized spacial score (nSPS) is 14.4. The van der Waals surface area contributed by atoms with Crippen LogP contribution in [0.2, 0.25) is 0 Å². The van der Waals surface area contributed by atoms with Gasteiger partial charge in [-0.05, 0) is 61.4 Å². The highest BCUT2D eigenvalue weighted by Gasteiger charge is 2.22. The highest BCUT2D eigenvalue weighted by atomic mass is 19.1. The van der Waals surface area contributed by atoms with Gasteiger partial charge in [0.05, 0.1) is 23.7 Å². The van der Waals surface area contributed by atoms with Gasteiger partial charge in [0.1, 0.15) is 28.8 Å². The summed E-state index contributed by atoms with van der Waals surface area (Å²) in [5.74, 6) is -0.255. The van der Waals surface area contributed by atoms with Gasteiger partial charge in [-0.25, -0.2) is 18.7 Å². The Morgan fingerprint density at radius 3 is 2.43 bits per heavy atom. The van der Waals surface area contributed by atoms with Gasteiger partial charge in [-0.2, -0.15) is 0 Å². The Bertz CT molecular complexity index is 1370. The molecule has 3 N–H and O–H groups in total. The van der Waals surface area contributed by atoms with Crippen molar-refractivity contribution in [2.24, 2.45) is 0 Å². The Kier molecular flexibility index (Phi) is 6.04. The molecule has 0 unspecified atom stereocenters. The SMILES string of the molecule is CC(C)(O)c1ccnc2c(F)cc(-c3cc(Nc4ccc(N5CCNCC5)cn4)ncc3F)cc12. The van der Waals surface area contributed by atoms with E-state index in [-0.39, 0.29) is 11.1 Å². The van der Waals surface area contributed by atoms with Crippen molar-refractivity contribution in [3.05, 3.63) is 72.2 Å². The lowest BCUT2D eigenvalue weighted by atomic mass is 9.92. The van der Waals surface area contributed by atoms with E-state index in [2.05, 4.69) is 30.5 Å². The molecular weight excluding hydrogens is 450 g/mol. The first-order chi connectivity index (χ1) is 16.8. The molecule has 9 heteroatoms. The number of hydrogen-bond donors (Lipinski definition) is 3. The molecule has 0 spiro atoms. The number of nitrogens with zero attached hydrogens (tertiary/aromatic N) is 4. The molecule has 4 heterocycles. The lowest BCUT2D eigenvalue weighted by molar-refractivity contribution is 0.0801. The second-order valence-corrected chi connectivity index (χ2v) is 9.08. The maximum Gasteiger partial charge on any atom is 0.150 e. The number of fused-ring (bicyclic) bond motifs is 1. The van der Waals surface area contributed by atoms with E-state index < -0.39 is 17.2 Å². The van der Waals surface area contributed by atoms with Crippen molar-refractivity contribution in [2.45, 2.75) is 19.4 Å². The maximum atomic E-state index is 15.0. The number of halogens is 2. The van der Waals surface area contributed by atoms with Crippen molar-refractivity contribution in [3.63, 3.8) is 0 Å². The minimum Gasteiger partial charge on any atom is -0.386 e. The minimum absolute atomic E-state index is 0.120. The number of aliphatic hydroxyl groups is 1. The summed E-state index contributed by atoms with van der Waals surface area (Å²) in [6.07, 6.45) is 4.34. The first kappa shape index (κ1) is 23.1. The average molecular weight is 477 g/mol. The number of anilines is 3. The Morgan fingerprint density at radius 1 is 0.943 bits per heavy atom. The maximum absolute atomic E-state index is 15.0. The molecule has 0 radical (unpaired) electrons. The third-order valence-corrected chi connectivity index (χ3v) is 6.11. The molecule has 7 nitrogen and oxygen atoms in total. The zero-order valence-corrected chi connectivity index (χ0v) is 19.5. The third-order valence-electron chi connectivity index (χ3n) is 6.11. The van der Waals surface area contributed by atoms with Crippen LogP contribution in [0.1, 0.15) is 19.4 Å². The Balaban J connectivity index is 1.47. The first-order valence-electron chi connectivity index (χ1n) is 11.5. The van der Waals surface area contributed by atoms with Gasteiger partial charge in [0.15, 0.2) is 0 Å². The van der Waals surface area contributed by atoms with E-state index in [9.17, 15) is 13.9 Å². The number of benzene rings is 1. The molecule has 0 saturated carbocycles. The predicted octanol–water partition coefficient (Wildman–Crippen LogP) is 4.35. The largest absolute Gasteiger partial charge is 0.386 e. The lowest BCUT2D eigenvalue weighted by Crippen LogP contribution is -2.43. The summed E-state index contributed by atoms with van der Waals surface area (Å²) >= 11 is 0. The van der Waals surface area contributed by atoms with Gasteiger partial charge >= 0.3 is 0 Å². The molecule has 180 valence electrons. The van der Waals surface area contributed by atoms with E-state index in [0.29, 0.717) is 28.1 Å². The van der Waals surface area contributed by atoms with Crippen LogP contribution in [-0.2, 0) is 5.60 Å². The van der Waals surface area contributed by atoms with Crippen molar-refractivity contribution in [1.82, 2.24) is 20.3 Å². The van der Waals surface area contributed by atoms with E-state index in [1.54, 1.807) is 32.2 Å². The summed E-state index contributed by atoms with van der Waals surface area (Å²) in [4.78, 5) is 15.0. The molecule has 0 atom stereocenters. The van der Waals surface area contributed by atoms with Crippen LogP contribution in [0.25, 0.3) is 22.0 Å². The molecule has 1 aromatic carbocycles. The molecule has 1 aliphatic rings. The summed E-state index contributed by atoms with van der Waals surface area (Å²) in [7, 11) is 0. The number of aromatic nitrogens is 3. The smallest absolute Gasteiger partial charge is 0.150 e. The van der Waals surface area contributed by atoms with Crippen LogP contribution in [0, 0.1) is 11.6 Å². The Hall–Kier alpha value is -3.69. The Labute approximate surface area is 201 Å². The van der Waals surface area contributed by atoms with Crippen LogP contribution in [0.5, 0.6) is 0 Å². The fourth-order valence-electron chi connectivity index (χ4n) is 4.33. The highest BCUT2D eigenvalue weighted by molar-refractivity contribution is 5.88. The van der Waals surface area contributed by atoms with Crippen molar-refractivity contribution in [3.8, 4) is 11.1 Å². The second kappa shape index (κ2) is 9.16. The molecule has 4 aromatic rings. The topological polar surface area (TPSA) is 86.2 Å². The van der Waals surface area contributed by atoms with Crippen molar-refractivity contribution in [2.75, 3.05) is 36.4 Å². The average Bonchev–Trinajstić information content (AvgIpc) is 2.85. The number of piperazine rings is 1. The van der Waals surface area contributed by atoms with Gasteiger partial charge in [-0.1, -0.05) is 0 Å². The monoisotopic (exact) mass is 476 g/mol. The van der Waals surface area contributed by atoms with Crippen LogP contribution in [0.4, 0.5) is 26.1 Å². The Morgan fingerprint density at radius 2 is 1.71 bits per heavy atom. The molecule has 5 rings (SSSR count). The quantitative estimate of drug-likeness (QED) is 0.395. The molecular formula is C26H26F2N6O. The molecule has 35 heavy (non-hydrogen) atoms. The van der Waals surface area contributed by atoms with Gasteiger partial charge in [-0.3, -0.25) is 4.98 Å². The standard InChI is InChI=1S/C26H26F2N6O/c1-26(2,35)20-5-6-30-25-19(20)11-16(12-21(25)27)18-13-24(32-15-22(18)28)33-23-4-3-17(14-31-23)34-9-7-29-8-10-34/h3-6,11-15,29,35H,7-10H2,1-2H3,(H,31,32,33). The molecule has 1 aliphatic heterocycles. The molecule has 0 amide bonds. The van der Waals surface area contributed by atoms with Crippen LogP contribution in [0.3, 0.4) is 0 Å². The van der Waals surface area contributed by atoms with Crippen molar-refractivity contribution in [1.29, 1.82) is 0 Å². The van der Waals surface area contributed by atoms with Gasteiger partial charge < -0.3 is 20.6 Å². The van der Waals surface area contributed by atoms with Gasteiger partial charge in [-0.15, -0.1) is 0 Å². The molecule has 0 aliphatic carbocycles. The molecule has 1 saturated heterocycles. The second-order valence-electron chi connectivity index (χ2n) is 9.08.